The second-order valence-electron chi connectivity index (χ2n) is 6.98. The van der Waals surface area contributed by atoms with Crippen LogP contribution in [0.4, 0.5) is 0 Å². The van der Waals surface area contributed by atoms with Gasteiger partial charge in [0.2, 0.25) is 6.29 Å². The van der Waals surface area contributed by atoms with Crippen molar-refractivity contribution in [2.75, 3.05) is 0 Å². The predicted molar refractivity (Wildman–Crippen MR) is 65.3 cm³/mol. The third kappa shape index (κ3) is 1.88. The third-order valence-corrected chi connectivity index (χ3v) is 4.22. The average molecular weight is 240 g/mol. The molecule has 3 heteroatoms. The number of ether oxygens (including phenoxy) is 2. The van der Waals surface area contributed by atoms with Crippen molar-refractivity contribution in [1.29, 1.82) is 0 Å². The van der Waals surface area contributed by atoms with E-state index >= 15 is 0 Å². The molecule has 1 spiro atoms. The minimum atomic E-state index is -0.413. The van der Waals surface area contributed by atoms with Crippen LogP contribution in [0.25, 0.3) is 0 Å². The van der Waals surface area contributed by atoms with Gasteiger partial charge in [-0.2, -0.15) is 0 Å². The van der Waals surface area contributed by atoms with E-state index in [4.69, 9.17) is 9.47 Å². The molecule has 1 aliphatic heterocycles. The first-order chi connectivity index (χ1) is 7.69. The van der Waals surface area contributed by atoms with E-state index in [1.807, 2.05) is 27.7 Å². The highest BCUT2D eigenvalue weighted by atomic mass is 16.7. The molecule has 0 amide bonds. The first kappa shape index (κ1) is 12.9. The van der Waals surface area contributed by atoms with Gasteiger partial charge >= 0.3 is 5.97 Å². The molecule has 0 bridgehead atoms. The molecule has 3 nitrogen and oxygen atoms in total. The Bertz CT molecular complexity index is 329. The van der Waals surface area contributed by atoms with Crippen molar-refractivity contribution in [1.82, 2.24) is 0 Å². The Kier molecular flexibility index (Phi) is 2.81. The topological polar surface area (TPSA) is 35.5 Å². The molecule has 2 aliphatic rings. The van der Waals surface area contributed by atoms with E-state index in [1.54, 1.807) is 0 Å². The summed E-state index contributed by atoms with van der Waals surface area (Å²) in [7, 11) is 0. The molecule has 17 heavy (non-hydrogen) atoms. The summed E-state index contributed by atoms with van der Waals surface area (Å²) in [5.41, 5.74) is -0.510. The van der Waals surface area contributed by atoms with Crippen molar-refractivity contribution in [2.45, 2.75) is 60.4 Å². The monoisotopic (exact) mass is 240 g/mol. The van der Waals surface area contributed by atoms with Crippen molar-refractivity contribution < 1.29 is 14.3 Å². The lowest BCUT2D eigenvalue weighted by molar-refractivity contribution is -0.260. The van der Waals surface area contributed by atoms with Crippen molar-refractivity contribution >= 4 is 5.97 Å². The maximum atomic E-state index is 12.3. The van der Waals surface area contributed by atoms with Crippen molar-refractivity contribution in [2.24, 2.45) is 22.7 Å². The summed E-state index contributed by atoms with van der Waals surface area (Å²) in [6.45, 7) is 12.4. The lowest BCUT2D eigenvalue weighted by Gasteiger charge is -2.40. The van der Waals surface area contributed by atoms with Gasteiger partial charge in [0.15, 0.2) is 0 Å². The molecule has 1 heterocycles. The molecule has 0 aromatic heterocycles. The van der Waals surface area contributed by atoms with Crippen LogP contribution in [0, 0.1) is 22.7 Å². The zero-order chi connectivity index (χ0) is 13.0. The largest absolute Gasteiger partial charge is 0.435 e. The van der Waals surface area contributed by atoms with Crippen LogP contribution in [0.2, 0.25) is 0 Å². The van der Waals surface area contributed by atoms with Crippen LogP contribution in [-0.2, 0) is 14.3 Å². The van der Waals surface area contributed by atoms with E-state index in [0.717, 1.165) is 6.42 Å². The van der Waals surface area contributed by atoms with Gasteiger partial charge in [-0.25, -0.2) is 0 Å². The van der Waals surface area contributed by atoms with E-state index in [2.05, 4.69) is 13.8 Å². The Morgan fingerprint density at radius 3 is 2.29 bits per heavy atom. The van der Waals surface area contributed by atoms with Crippen molar-refractivity contribution in [3.8, 4) is 0 Å². The Morgan fingerprint density at radius 1 is 1.35 bits per heavy atom. The summed E-state index contributed by atoms with van der Waals surface area (Å²) in [4.78, 5) is 12.3. The van der Waals surface area contributed by atoms with E-state index < -0.39 is 6.29 Å². The maximum absolute atomic E-state index is 12.3. The number of cyclic esters (lactones) is 1. The van der Waals surface area contributed by atoms with Gasteiger partial charge < -0.3 is 9.47 Å². The zero-order valence-corrected chi connectivity index (χ0v) is 11.7. The SMILES string of the molecule is CC(C)[C@@H]1C[C@@]12C(=O)O[C@H](C(C)(C)C)O[C@@H]2C. The van der Waals surface area contributed by atoms with Crippen LogP contribution >= 0.6 is 0 Å². The van der Waals surface area contributed by atoms with E-state index in [1.165, 1.54) is 0 Å². The third-order valence-electron chi connectivity index (χ3n) is 4.22. The number of carbonyl (C=O) groups excluding carboxylic acids is 1. The normalized spacial score (nSPS) is 41.8. The number of hydrogen-bond donors (Lipinski definition) is 0. The predicted octanol–water partition coefficient (Wildman–Crippen LogP) is 2.98. The molecule has 2 fully saturated rings. The second-order valence-corrected chi connectivity index (χ2v) is 6.98. The van der Waals surface area contributed by atoms with E-state index in [-0.39, 0.29) is 22.9 Å². The molecule has 2 rings (SSSR count). The Balaban J connectivity index is 2.14. The molecule has 0 radical (unpaired) electrons. The summed E-state index contributed by atoms with van der Waals surface area (Å²) in [6.07, 6.45) is 0.478. The minimum absolute atomic E-state index is 0.0274. The number of esters is 1. The smallest absolute Gasteiger partial charge is 0.317 e. The van der Waals surface area contributed by atoms with Gasteiger partial charge in [0.05, 0.1) is 11.5 Å². The summed E-state index contributed by atoms with van der Waals surface area (Å²) < 4.78 is 11.5. The summed E-state index contributed by atoms with van der Waals surface area (Å²) >= 11 is 0. The van der Waals surface area contributed by atoms with E-state index in [9.17, 15) is 4.79 Å². The molecule has 0 aromatic carbocycles. The Morgan fingerprint density at radius 2 is 1.94 bits per heavy atom. The van der Waals surface area contributed by atoms with Crippen LogP contribution in [-0.4, -0.2) is 18.4 Å². The molecule has 0 aromatic rings. The second kappa shape index (κ2) is 3.71. The van der Waals surface area contributed by atoms with Crippen LogP contribution in [0.1, 0.15) is 48.0 Å². The minimum Gasteiger partial charge on any atom is -0.435 e. The fourth-order valence-electron chi connectivity index (χ4n) is 2.93. The van der Waals surface area contributed by atoms with Gasteiger partial charge in [-0.15, -0.1) is 0 Å². The standard InChI is InChI=1S/C14H24O3/c1-8(2)10-7-14(10)9(3)16-12(13(4,5)6)17-11(14)15/h8-10,12H,7H2,1-6H3/t9-,10+,12-,14+/m1/s1. The highest BCUT2D eigenvalue weighted by Gasteiger charge is 2.68. The van der Waals surface area contributed by atoms with Gasteiger partial charge in [-0.05, 0) is 25.2 Å². The fraction of sp³-hybridized carbons (Fsp3) is 0.929. The molecule has 98 valence electrons. The Labute approximate surface area is 104 Å². The first-order valence-corrected chi connectivity index (χ1v) is 6.56. The number of carbonyl (C=O) groups is 1. The van der Waals surface area contributed by atoms with Crippen LogP contribution in [0.15, 0.2) is 0 Å². The molecular formula is C14H24O3. The lowest BCUT2D eigenvalue weighted by Crippen LogP contribution is -2.49. The molecule has 1 saturated carbocycles. The highest BCUT2D eigenvalue weighted by Crippen LogP contribution is 2.62. The Hall–Kier alpha value is -0.570. The van der Waals surface area contributed by atoms with Gasteiger partial charge in [0, 0.05) is 5.41 Å². The van der Waals surface area contributed by atoms with Gasteiger partial charge in [0.25, 0.3) is 0 Å². The molecule has 1 aliphatic carbocycles. The average Bonchev–Trinajstić information content (AvgIpc) is 2.89. The molecule has 0 N–H and O–H groups in total. The molecule has 0 unspecified atom stereocenters. The van der Waals surface area contributed by atoms with Crippen LogP contribution < -0.4 is 0 Å². The molecular weight excluding hydrogens is 216 g/mol. The lowest BCUT2D eigenvalue weighted by atomic mass is 9.89. The first-order valence-electron chi connectivity index (χ1n) is 6.56. The fourth-order valence-corrected chi connectivity index (χ4v) is 2.93. The van der Waals surface area contributed by atoms with Gasteiger partial charge in [-0.3, -0.25) is 4.79 Å². The van der Waals surface area contributed by atoms with Crippen molar-refractivity contribution in [3.63, 3.8) is 0 Å². The number of hydrogen-bond acceptors (Lipinski definition) is 3. The summed E-state index contributed by atoms with van der Waals surface area (Å²) in [6, 6.07) is 0. The van der Waals surface area contributed by atoms with Crippen LogP contribution in [0.5, 0.6) is 0 Å². The zero-order valence-electron chi connectivity index (χ0n) is 11.7. The van der Waals surface area contributed by atoms with Gasteiger partial charge in [0.1, 0.15) is 0 Å². The van der Waals surface area contributed by atoms with Gasteiger partial charge in [-0.1, -0.05) is 34.6 Å². The maximum Gasteiger partial charge on any atom is 0.317 e. The van der Waals surface area contributed by atoms with Crippen molar-refractivity contribution in [3.05, 3.63) is 0 Å². The quantitative estimate of drug-likeness (QED) is 0.661. The summed E-state index contributed by atoms with van der Waals surface area (Å²) in [5.74, 6) is 0.889. The molecule has 1 saturated heterocycles. The summed E-state index contributed by atoms with van der Waals surface area (Å²) in [5, 5.41) is 0. The van der Waals surface area contributed by atoms with Crippen LogP contribution in [0.3, 0.4) is 0 Å². The van der Waals surface area contributed by atoms with E-state index in [0.29, 0.717) is 11.8 Å². The number of rotatable bonds is 1. The molecule has 4 atom stereocenters. The highest BCUT2D eigenvalue weighted by molar-refractivity contribution is 5.82.